The van der Waals surface area contributed by atoms with Gasteiger partial charge in [-0.25, -0.2) is 4.79 Å². The van der Waals surface area contributed by atoms with Crippen molar-refractivity contribution in [3.63, 3.8) is 0 Å². The molecule has 0 bridgehead atoms. The van der Waals surface area contributed by atoms with Gasteiger partial charge in [0.2, 0.25) is 29.9 Å². The Kier molecular flexibility index (Phi) is 17.7. The third-order valence-corrected chi connectivity index (χ3v) is 8.59. The third kappa shape index (κ3) is 13.6. The number of hydrogen-bond acceptors (Lipinski definition) is 16. The number of likely N-dealkylation sites (N-methyl/N-ethyl adjacent to an activating group) is 1. The molecular formula is C35H48N6O16. The maximum atomic E-state index is 13.4. The van der Waals surface area contributed by atoms with Crippen molar-refractivity contribution in [3.8, 4) is 5.75 Å². The fourth-order valence-corrected chi connectivity index (χ4v) is 5.62. The number of carboxylic acids is 1. The topological polar surface area (TPSA) is 318 Å². The van der Waals surface area contributed by atoms with Gasteiger partial charge in [0.05, 0.1) is 12.3 Å². The van der Waals surface area contributed by atoms with Gasteiger partial charge in [0, 0.05) is 51.7 Å². The molecule has 1 fully saturated rings. The van der Waals surface area contributed by atoms with Gasteiger partial charge < -0.3 is 66.0 Å². The lowest BCUT2D eigenvalue weighted by molar-refractivity contribution is -0.271. The monoisotopic (exact) mass is 809 g/mol. The van der Waals surface area contributed by atoms with E-state index >= 15 is 0 Å². The molecule has 1 aromatic carbocycles. The minimum Gasteiger partial charge on any atom is -0.479 e. The van der Waals surface area contributed by atoms with Crippen LogP contribution in [-0.2, 0) is 59.2 Å². The molecule has 9 N–H and O–H groups in total. The van der Waals surface area contributed by atoms with Crippen molar-refractivity contribution in [2.45, 2.75) is 81.5 Å². The number of aliphatic hydroxyl groups excluding tert-OH is 3. The molecule has 22 heteroatoms. The number of methoxy groups -OCH3 is 1. The number of carbonyl (C=O) groups is 8. The van der Waals surface area contributed by atoms with Gasteiger partial charge in [-0.15, -0.1) is 0 Å². The van der Waals surface area contributed by atoms with E-state index in [0.717, 1.165) is 17.1 Å². The first-order valence-corrected chi connectivity index (χ1v) is 17.8. The number of nitrogens with one attached hydrogen (secondary N) is 5. The van der Waals surface area contributed by atoms with E-state index in [9.17, 15) is 58.8 Å². The van der Waals surface area contributed by atoms with Crippen LogP contribution in [0.2, 0.25) is 0 Å². The van der Waals surface area contributed by atoms with Gasteiger partial charge in [0.15, 0.2) is 7.47 Å². The van der Waals surface area contributed by atoms with E-state index in [2.05, 4.69) is 31.3 Å². The summed E-state index contributed by atoms with van der Waals surface area (Å²) in [5, 5.41) is 53.1. The van der Waals surface area contributed by atoms with E-state index in [-0.39, 0.29) is 68.4 Å². The van der Waals surface area contributed by atoms with Crippen LogP contribution in [0.1, 0.15) is 39.0 Å². The second kappa shape index (κ2) is 22.9. The molecule has 2 heterocycles. The second-order valence-electron chi connectivity index (χ2n) is 12.7. The van der Waals surface area contributed by atoms with Gasteiger partial charge in [-0.3, -0.25) is 38.5 Å². The van der Waals surface area contributed by atoms with E-state index in [0.29, 0.717) is 12.8 Å². The molecule has 0 radical (unpaired) electrons. The van der Waals surface area contributed by atoms with Crippen LogP contribution in [0.15, 0.2) is 30.4 Å². The Hall–Kier alpha value is -5.52. The van der Waals surface area contributed by atoms with Crippen molar-refractivity contribution in [2.75, 3.05) is 45.7 Å². The molecule has 0 aromatic heterocycles. The first-order chi connectivity index (χ1) is 27.6. The lowest BCUT2D eigenvalue weighted by Crippen LogP contribution is -2.61. The molecule has 2 aliphatic rings. The van der Waals surface area contributed by atoms with Gasteiger partial charge in [-0.1, -0.05) is 6.07 Å². The minimum absolute atomic E-state index is 0.0596. The number of amides is 6. The van der Waals surface area contributed by atoms with Gasteiger partial charge in [0.25, 0.3) is 18.3 Å². The summed E-state index contributed by atoms with van der Waals surface area (Å²) in [7, 11) is 2.97. The van der Waals surface area contributed by atoms with Crippen LogP contribution in [0.4, 0.5) is 5.69 Å². The summed E-state index contributed by atoms with van der Waals surface area (Å²) in [4.78, 5) is 100.0. The summed E-state index contributed by atoms with van der Waals surface area (Å²) in [6.07, 6.45) is -8.51. The van der Waals surface area contributed by atoms with E-state index in [1.807, 2.05) is 0 Å². The zero-order valence-electron chi connectivity index (χ0n) is 32.1. The molecular weight excluding hydrogens is 760 g/mol. The van der Waals surface area contributed by atoms with Crippen molar-refractivity contribution in [3.05, 3.63) is 35.9 Å². The highest BCUT2D eigenvalue weighted by Gasteiger charge is 2.48. The second-order valence-corrected chi connectivity index (χ2v) is 12.7. The molecule has 314 valence electrons. The lowest BCUT2D eigenvalue weighted by atomic mass is 9.99. The number of nitrogens with zero attached hydrogens (tertiary/aromatic N) is 1. The summed E-state index contributed by atoms with van der Waals surface area (Å²) < 4.78 is 27.3. The fraction of sp³-hybridized carbons (Fsp3) is 0.543. The third-order valence-electron chi connectivity index (χ3n) is 8.59. The van der Waals surface area contributed by atoms with Crippen molar-refractivity contribution < 1.29 is 79.1 Å². The zero-order valence-corrected chi connectivity index (χ0v) is 31.1. The molecule has 1 unspecified atom stereocenters. The number of imide groups is 1. The number of aliphatic hydroxyl groups is 3. The van der Waals surface area contributed by atoms with E-state index < -0.39 is 91.3 Å². The number of anilines is 1. The zero-order chi connectivity index (χ0) is 42.9. The van der Waals surface area contributed by atoms with Gasteiger partial charge in [0.1, 0.15) is 42.8 Å². The molecule has 22 nitrogen and oxygen atoms in total. The number of benzene rings is 1. The Balaban J connectivity index is 1.71. The maximum absolute atomic E-state index is 13.4. The van der Waals surface area contributed by atoms with E-state index in [4.69, 9.17) is 15.6 Å². The molecule has 57 heavy (non-hydrogen) atoms. The Morgan fingerprint density at radius 1 is 0.965 bits per heavy atom. The van der Waals surface area contributed by atoms with Crippen LogP contribution in [0.5, 0.6) is 5.75 Å². The maximum Gasteiger partial charge on any atom is 0.335 e. The number of carboxylic acid groups (broad SMARTS) is 1. The molecule has 1 aromatic rings. The molecule has 7 atom stereocenters. The number of hydrogen-bond donors (Lipinski definition) is 9. The van der Waals surface area contributed by atoms with Crippen molar-refractivity contribution in [2.24, 2.45) is 0 Å². The highest BCUT2D eigenvalue weighted by Crippen LogP contribution is 2.31. The van der Waals surface area contributed by atoms with Crippen molar-refractivity contribution in [1.82, 2.24) is 26.2 Å². The van der Waals surface area contributed by atoms with Crippen LogP contribution >= 0.6 is 0 Å². The number of aliphatic carboxylic acids is 1. The predicted octanol–water partition coefficient (Wildman–Crippen LogP) is -3.60. The van der Waals surface area contributed by atoms with Crippen molar-refractivity contribution in [1.29, 1.82) is 0 Å². The lowest BCUT2D eigenvalue weighted by Gasteiger charge is -2.38. The molecule has 1 saturated heterocycles. The number of unbranched alkanes of at least 4 members (excludes halogenated alkanes) is 1. The van der Waals surface area contributed by atoms with Crippen LogP contribution in [0.3, 0.4) is 0 Å². The Bertz CT molecular complexity index is 1680. The minimum atomic E-state index is -2.00. The molecule has 0 aliphatic carbocycles. The molecule has 0 spiro atoms. The Morgan fingerprint density at radius 2 is 1.68 bits per heavy atom. The van der Waals surface area contributed by atoms with Crippen LogP contribution in [0, 0.1) is 0 Å². The van der Waals surface area contributed by atoms with E-state index in [1.165, 1.54) is 32.4 Å². The summed E-state index contributed by atoms with van der Waals surface area (Å²) in [6.45, 7) is -0.321. The predicted molar refractivity (Wildman–Crippen MR) is 192 cm³/mol. The highest BCUT2D eigenvalue weighted by molar-refractivity contribution is 6.15. The first kappa shape index (κ1) is 44.2. The normalized spacial score (nSPS) is 21.5. The molecule has 0 saturated carbocycles. The van der Waals surface area contributed by atoms with Crippen LogP contribution in [0.25, 0.3) is 0 Å². The Morgan fingerprint density at radius 3 is 2.33 bits per heavy atom. The van der Waals surface area contributed by atoms with Gasteiger partial charge >= 0.3 is 5.97 Å². The number of carbonyl (C=O) groups excluding carboxylic acids is 7. The quantitative estimate of drug-likeness (QED) is 0.0293. The first-order valence-electron chi connectivity index (χ1n) is 18.3. The van der Waals surface area contributed by atoms with Crippen LogP contribution < -0.4 is 31.3 Å². The van der Waals surface area contributed by atoms with Crippen LogP contribution in [-0.4, -0.2) is 156 Å². The molecule has 2 aliphatic heterocycles. The Labute approximate surface area is 327 Å². The number of rotatable bonds is 23. The summed E-state index contributed by atoms with van der Waals surface area (Å²) in [5.41, 5.74) is 0.118. The standard InChI is InChI=1S/C35H48N6O16/c1-36-16-22(41-26(45)8-9-27(41)46)33(51)40-20(5-3-4-12-37-24(43)11-14-54-2)32(50)38-13-10-25(44)39-21-15-19(17-55-18-42)6-7-23(21)56-35-30(49)28(47)29(48)31(57-35)34(52)53/h6-9,15,18,20,22,28-31,35-36,47-49H,3-5,10-14,16-17H2,1-2H3,(H,37,43)(H,38,50)(H,39,44)(H,40,51)(H,52,53)/t20-,22?,28-,29-,30+,31-,35+/m0/s1/i18D. The number of ether oxygens (including phenoxy) is 4. The molecule has 6 amide bonds. The average Bonchev–Trinajstić information content (AvgIpc) is 3.51. The highest BCUT2D eigenvalue weighted by atomic mass is 16.7. The van der Waals surface area contributed by atoms with Crippen molar-refractivity contribution >= 4 is 53.5 Å². The smallest absolute Gasteiger partial charge is 0.335 e. The van der Waals surface area contributed by atoms with Gasteiger partial charge in [-0.2, -0.15) is 0 Å². The van der Waals surface area contributed by atoms with E-state index in [1.54, 1.807) is 0 Å². The summed E-state index contributed by atoms with van der Waals surface area (Å²) >= 11 is 0. The SMILES string of the molecule is [2H]C(=O)OCc1ccc(O[C@@H]2O[C@H](C(=O)O)[C@@H](O)[C@H](O)[C@H]2O)c(NC(=O)CCNC(=O)[C@H](CCCCNC(=O)CCOC)NC(=O)C(CNC)N2C(=O)C=CC2=O)c1. The fourth-order valence-electron chi connectivity index (χ4n) is 5.62. The summed E-state index contributed by atoms with van der Waals surface area (Å²) in [5.74, 6) is -5.81. The summed E-state index contributed by atoms with van der Waals surface area (Å²) in [6, 6.07) is 1.33. The molecule has 3 rings (SSSR count). The van der Waals surface area contributed by atoms with Gasteiger partial charge in [-0.05, 0) is 44.0 Å². The largest absolute Gasteiger partial charge is 0.479 e. The average molecular weight is 810 g/mol.